The number of amides is 1. The first kappa shape index (κ1) is 19.1. The van der Waals surface area contributed by atoms with Gasteiger partial charge in [-0.15, -0.1) is 10.2 Å². The van der Waals surface area contributed by atoms with Gasteiger partial charge in [-0.2, -0.15) is 0 Å². The highest BCUT2D eigenvalue weighted by atomic mass is 16.1. The first-order valence-electron chi connectivity index (χ1n) is 9.68. The van der Waals surface area contributed by atoms with E-state index in [1.165, 1.54) is 0 Å². The van der Waals surface area contributed by atoms with Crippen molar-refractivity contribution in [2.45, 2.75) is 6.92 Å². The van der Waals surface area contributed by atoms with Gasteiger partial charge in [-0.3, -0.25) is 4.79 Å². The number of carbonyl (C=O) groups excluding carboxylic acids is 1. The van der Waals surface area contributed by atoms with E-state index in [4.69, 9.17) is 0 Å². The van der Waals surface area contributed by atoms with Gasteiger partial charge in [0.2, 0.25) is 0 Å². The van der Waals surface area contributed by atoms with E-state index in [0.29, 0.717) is 11.3 Å². The molecule has 4 rings (SSSR count). The Morgan fingerprint density at radius 2 is 1.83 bits per heavy atom. The highest BCUT2D eigenvalue weighted by Crippen LogP contribution is 2.22. The molecule has 0 bridgehead atoms. The summed E-state index contributed by atoms with van der Waals surface area (Å²) < 4.78 is 1.92. The molecule has 8 heteroatoms. The molecule has 150 valence electrons. The molecule has 3 heterocycles. The molecule has 0 atom stereocenters. The maximum absolute atomic E-state index is 12.8. The first-order valence-corrected chi connectivity index (χ1v) is 9.68. The van der Waals surface area contributed by atoms with Crippen LogP contribution in [0.2, 0.25) is 0 Å². The van der Waals surface area contributed by atoms with Crippen molar-refractivity contribution < 1.29 is 4.79 Å². The van der Waals surface area contributed by atoms with Crippen molar-refractivity contribution in [1.29, 1.82) is 0 Å². The average Bonchev–Trinajstić information content (AvgIpc) is 3.07. The quantitative estimate of drug-likeness (QED) is 0.735. The molecule has 0 radical (unpaired) electrons. The Labute approximate surface area is 170 Å². The fourth-order valence-electron chi connectivity index (χ4n) is 3.37. The number of aromatic nitrogens is 4. The Balaban J connectivity index is 1.51. The maximum Gasteiger partial charge on any atom is 0.255 e. The van der Waals surface area contributed by atoms with Gasteiger partial charge in [0.25, 0.3) is 5.91 Å². The topological polar surface area (TPSA) is 79.2 Å². The Hall–Kier alpha value is -3.26. The van der Waals surface area contributed by atoms with E-state index < -0.39 is 0 Å². The summed E-state index contributed by atoms with van der Waals surface area (Å²) >= 11 is 0. The second-order valence-electron chi connectivity index (χ2n) is 7.36. The molecule has 0 unspecified atom stereocenters. The minimum absolute atomic E-state index is 0.158. The van der Waals surface area contributed by atoms with Crippen LogP contribution in [0.4, 0.5) is 11.5 Å². The third kappa shape index (κ3) is 4.12. The van der Waals surface area contributed by atoms with Crippen molar-refractivity contribution in [3.8, 4) is 11.4 Å². The molecule has 0 aliphatic carbocycles. The SMILES string of the molecule is Cc1nnc(-c2cccc(NC(=O)c3ccnc(N4CCN(C)CC4)c3)c2)n1C. The predicted molar refractivity (Wildman–Crippen MR) is 113 cm³/mol. The van der Waals surface area contributed by atoms with E-state index in [2.05, 4.69) is 37.3 Å². The third-order valence-corrected chi connectivity index (χ3v) is 5.31. The molecule has 2 aromatic heterocycles. The maximum atomic E-state index is 12.8. The average molecular weight is 391 g/mol. The van der Waals surface area contributed by atoms with Crippen LogP contribution in [0.5, 0.6) is 0 Å². The molecule has 3 aromatic rings. The van der Waals surface area contributed by atoms with Crippen LogP contribution in [0.3, 0.4) is 0 Å². The Morgan fingerprint density at radius 3 is 2.55 bits per heavy atom. The van der Waals surface area contributed by atoms with Crippen molar-refractivity contribution in [3.63, 3.8) is 0 Å². The Bertz CT molecular complexity index is 1020. The van der Waals surface area contributed by atoms with Crippen LogP contribution in [0, 0.1) is 6.92 Å². The third-order valence-electron chi connectivity index (χ3n) is 5.31. The summed E-state index contributed by atoms with van der Waals surface area (Å²) in [4.78, 5) is 21.8. The molecular formula is C21H25N7O. The smallest absolute Gasteiger partial charge is 0.255 e. The standard InChI is InChI=1S/C21H25N7O/c1-15-24-25-20(27(15)3)16-5-4-6-18(13-16)23-21(29)17-7-8-22-19(14-17)28-11-9-26(2)10-12-28/h4-8,13-14H,9-12H2,1-3H3,(H,23,29). The van der Waals surface area contributed by atoms with Gasteiger partial charge in [0.05, 0.1) is 0 Å². The summed E-state index contributed by atoms with van der Waals surface area (Å²) in [5.74, 6) is 2.28. The number of rotatable bonds is 4. The van der Waals surface area contributed by atoms with Crippen LogP contribution >= 0.6 is 0 Å². The van der Waals surface area contributed by atoms with Gasteiger partial charge in [0, 0.05) is 56.2 Å². The minimum atomic E-state index is -0.158. The number of piperazine rings is 1. The second-order valence-corrected chi connectivity index (χ2v) is 7.36. The fraction of sp³-hybridized carbons (Fsp3) is 0.333. The number of aryl methyl sites for hydroxylation is 1. The summed E-state index contributed by atoms with van der Waals surface area (Å²) in [6, 6.07) is 11.2. The van der Waals surface area contributed by atoms with Gasteiger partial charge >= 0.3 is 0 Å². The number of nitrogens with zero attached hydrogens (tertiary/aromatic N) is 6. The molecule has 1 aromatic carbocycles. The van der Waals surface area contributed by atoms with Crippen molar-refractivity contribution in [2.75, 3.05) is 43.4 Å². The Morgan fingerprint density at radius 1 is 1.03 bits per heavy atom. The normalized spacial score (nSPS) is 14.8. The summed E-state index contributed by atoms with van der Waals surface area (Å²) in [6.45, 7) is 5.71. The lowest BCUT2D eigenvalue weighted by atomic mass is 10.1. The van der Waals surface area contributed by atoms with E-state index in [1.807, 2.05) is 48.9 Å². The molecule has 1 saturated heterocycles. The van der Waals surface area contributed by atoms with E-state index in [9.17, 15) is 4.79 Å². The predicted octanol–water partition coefficient (Wildman–Crippen LogP) is 2.19. The molecule has 1 aliphatic heterocycles. The number of benzene rings is 1. The largest absolute Gasteiger partial charge is 0.354 e. The fourth-order valence-corrected chi connectivity index (χ4v) is 3.37. The van der Waals surface area contributed by atoms with Crippen LogP contribution in [0.15, 0.2) is 42.6 Å². The molecule has 1 amide bonds. The van der Waals surface area contributed by atoms with Gasteiger partial charge in [-0.05, 0) is 38.2 Å². The number of nitrogens with one attached hydrogen (secondary N) is 1. The van der Waals surface area contributed by atoms with Gasteiger partial charge in [-0.1, -0.05) is 12.1 Å². The summed E-state index contributed by atoms with van der Waals surface area (Å²) in [7, 11) is 4.04. The summed E-state index contributed by atoms with van der Waals surface area (Å²) in [6.07, 6.45) is 1.70. The van der Waals surface area contributed by atoms with Crippen molar-refractivity contribution in [2.24, 2.45) is 7.05 Å². The first-order chi connectivity index (χ1) is 14.0. The van der Waals surface area contributed by atoms with Crippen molar-refractivity contribution >= 4 is 17.4 Å². The Kier molecular flexibility index (Phi) is 5.26. The number of hydrogen-bond acceptors (Lipinski definition) is 6. The highest BCUT2D eigenvalue weighted by Gasteiger charge is 2.17. The number of hydrogen-bond donors (Lipinski definition) is 1. The molecular weight excluding hydrogens is 366 g/mol. The second kappa shape index (κ2) is 8.00. The molecule has 1 aliphatic rings. The lowest BCUT2D eigenvalue weighted by Gasteiger charge is -2.33. The zero-order valence-corrected chi connectivity index (χ0v) is 17.0. The summed E-state index contributed by atoms with van der Waals surface area (Å²) in [5.41, 5.74) is 2.21. The van der Waals surface area contributed by atoms with Gasteiger partial charge in [-0.25, -0.2) is 4.98 Å². The van der Waals surface area contributed by atoms with Crippen molar-refractivity contribution in [3.05, 3.63) is 54.0 Å². The molecule has 8 nitrogen and oxygen atoms in total. The number of anilines is 2. The number of pyridine rings is 1. The van der Waals surface area contributed by atoms with Crippen LogP contribution < -0.4 is 10.2 Å². The molecule has 29 heavy (non-hydrogen) atoms. The monoisotopic (exact) mass is 391 g/mol. The molecule has 0 saturated carbocycles. The van der Waals surface area contributed by atoms with Crippen LogP contribution in [-0.2, 0) is 7.05 Å². The van der Waals surface area contributed by atoms with E-state index in [-0.39, 0.29) is 5.91 Å². The minimum Gasteiger partial charge on any atom is -0.354 e. The van der Waals surface area contributed by atoms with Gasteiger partial charge < -0.3 is 19.7 Å². The van der Waals surface area contributed by atoms with Crippen LogP contribution in [0.1, 0.15) is 16.2 Å². The number of likely N-dealkylation sites (N-methyl/N-ethyl adjacent to an activating group) is 1. The van der Waals surface area contributed by atoms with E-state index in [1.54, 1.807) is 12.3 Å². The van der Waals surface area contributed by atoms with Crippen molar-refractivity contribution in [1.82, 2.24) is 24.6 Å². The van der Waals surface area contributed by atoms with Gasteiger partial charge in [0.1, 0.15) is 11.6 Å². The highest BCUT2D eigenvalue weighted by molar-refractivity contribution is 6.04. The molecule has 1 N–H and O–H groups in total. The molecule has 0 spiro atoms. The van der Waals surface area contributed by atoms with Gasteiger partial charge in [0.15, 0.2) is 5.82 Å². The lowest BCUT2D eigenvalue weighted by Crippen LogP contribution is -2.44. The zero-order valence-electron chi connectivity index (χ0n) is 17.0. The zero-order chi connectivity index (χ0) is 20.4. The summed E-state index contributed by atoms with van der Waals surface area (Å²) in [5, 5.41) is 11.3. The number of carbonyl (C=O) groups is 1. The van der Waals surface area contributed by atoms with Crippen LogP contribution in [-0.4, -0.2) is 63.8 Å². The van der Waals surface area contributed by atoms with E-state index in [0.717, 1.165) is 49.2 Å². The lowest BCUT2D eigenvalue weighted by molar-refractivity contribution is 0.102. The molecule has 1 fully saturated rings. The van der Waals surface area contributed by atoms with Crippen LogP contribution in [0.25, 0.3) is 11.4 Å². The van der Waals surface area contributed by atoms with E-state index >= 15 is 0 Å².